The molecular weight excluding hydrogens is 432 g/mol. The highest BCUT2D eigenvalue weighted by atomic mass is 32.2. The Balaban J connectivity index is 1.62. The van der Waals surface area contributed by atoms with E-state index in [1.54, 1.807) is 0 Å². The third-order valence-corrected chi connectivity index (χ3v) is 6.60. The lowest BCUT2D eigenvalue weighted by Gasteiger charge is -2.32. The molecule has 0 aromatic heterocycles. The summed E-state index contributed by atoms with van der Waals surface area (Å²) in [5.74, 6) is 0.169. The van der Waals surface area contributed by atoms with Crippen molar-refractivity contribution < 1.29 is 18.1 Å². The number of carbonyl (C=O) groups is 1. The minimum Gasteiger partial charge on any atom is -0.371 e. The smallest absolute Gasteiger partial charge is 0.271 e. The molecule has 1 amide bonds. The SMILES string of the molecule is CC1CCCN(c2ccc(CNC(=O)CN(c3cccc([N+](=O)[O-])c3)S(C)(=O)=O)cc2)C1. The standard InChI is InChI=1S/C22H28N4O5S/c1-17-5-4-12-24(15-17)19-10-8-18(9-11-19)14-23-22(27)16-25(32(2,30)31)20-6-3-7-21(13-20)26(28)29/h3,6-11,13,17H,4-5,12,14-16H2,1-2H3,(H,23,27). The maximum absolute atomic E-state index is 12.5. The molecule has 1 unspecified atom stereocenters. The van der Waals surface area contributed by atoms with Crippen LogP contribution >= 0.6 is 0 Å². The lowest BCUT2D eigenvalue weighted by molar-refractivity contribution is -0.384. The van der Waals surface area contributed by atoms with Gasteiger partial charge in [0.1, 0.15) is 6.54 Å². The summed E-state index contributed by atoms with van der Waals surface area (Å²) in [5.41, 5.74) is 1.87. The van der Waals surface area contributed by atoms with Gasteiger partial charge >= 0.3 is 0 Å². The van der Waals surface area contributed by atoms with Gasteiger partial charge in [-0.25, -0.2) is 8.42 Å². The monoisotopic (exact) mass is 460 g/mol. The summed E-state index contributed by atoms with van der Waals surface area (Å²) in [6.07, 6.45) is 3.39. The first-order valence-corrected chi connectivity index (χ1v) is 12.3. The highest BCUT2D eigenvalue weighted by molar-refractivity contribution is 7.92. The number of nitrogens with one attached hydrogen (secondary N) is 1. The molecule has 2 aromatic rings. The molecule has 0 radical (unpaired) electrons. The van der Waals surface area contributed by atoms with Gasteiger partial charge in [-0.3, -0.25) is 19.2 Å². The molecule has 2 aromatic carbocycles. The number of nitro groups is 1. The van der Waals surface area contributed by atoms with Gasteiger partial charge in [0, 0.05) is 37.5 Å². The van der Waals surface area contributed by atoms with Crippen LogP contribution in [-0.2, 0) is 21.4 Å². The highest BCUT2D eigenvalue weighted by Gasteiger charge is 2.22. The number of nitrogens with zero attached hydrogens (tertiary/aromatic N) is 3. The summed E-state index contributed by atoms with van der Waals surface area (Å²) in [6, 6.07) is 13.2. The largest absolute Gasteiger partial charge is 0.371 e. The summed E-state index contributed by atoms with van der Waals surface area (Å²) in [7, 11) is -3.82. The van der Waals surface area contributed by atoms with Crippen LogP contribution in [0.2, 0.25) is 0 Å². The van der Waals surface area contributed by atoms with Crippen LogP contribution in [0.4, 0.5) is 17.1 Å². The van der Waals surface area contributed by atoms with E-state index in [9.17, 15) is 23.3 Å². The van der Waals surface area contributed by atoms with E-state index in [0.29, 0.717) is 5.92 Å². The van der Waals surface area contributed by atoms with Gasteiger partial charge in [-0.1, -0.05) is 25.1 Å². The molecule has 1 fully saturated rings. The molecule has 1 N–H and O–H groups in total. The van der Waals surface area contributed by atoms with Gasteiger partial charge in [0.05, 0.1) is 16.9 Å². The number of hydrogen-bond donors (Lipinski definition) is 1. The van der Waals surface area contributed by atoms with Crippen LogP contribution in [-0.4, -0.2) is 45.1 Å². The van der Waals surface area contributed by atoms with E-state index in [1.807, 2.05) is 24.3 Å². The molecule has 0 bridgehead atoms. The summed E-state index contributed by atoms with van der Waals surface area (Å²) in [5, 5.41) is 13.7. The topological polar surface area (TPSA) is 113 Å². The Morgan fingerprint density at radius 2 is 1.97 bits per heavy atom. The number of amides is 1. The number of non-ortho nitro benzene ring substituents is 1. The lowest BCUT2D eigenvalue weighted by Crippen LogP contribution is -2.40. The first-order valence-electron chi connectivity index (χ1n) is 10.5. The van der Waals surface area contributed by atoms with Gasteiger partial charge < -0.3 is 10.2 Å². The van der Waals surface area contributed by atoms with Crippen LogP contribution in [0.15, 0.2) is 48.5 Å². The van der Waals surface area contributed by atoms with Crippen molar-refractivity contribution >= 4 is 33.0 Å². The summed E-state index contributed by atoms with van der Waals surface area (Å²) in [6.45, 7) is 4.11. The van der Waals surface area contributed by atoms with E-state index in [-0.39, 0.29) is 17.9 Å². The van der Waals surface area contributed by atoms with Crippen molar-refractivity contribution in [1.29, 1.82) is 0 Å². The first-order chi connectivity index (χ1) is 15.1. The Kier molecular flexibility index (Phi) is 7.34. The average Bonchev–Trinajstić information content (AvgIpc) is 2.75. The lowest BCUT2D eigenvalue weighted by atomic mass is 9.99. The van der Waals surface area contributed by atoms with E-state index >= 15 is 0 Å². The van der Waals surface area contributed by atoms with Crippen molar-refractivity contribution in [2.45, 2.75) is 26.3 Å². The average molecular weight is 461 g/mol. The number of rotatable bonds is 8. The number of carbonyl (C=O) groups excluding carboxylic acids is 1. The van der Waals surface area contributed by atoms with Crippen molar-refractivity contribution in [3.8, 4) is 0 Å². The minimum absolute atomic E-state index is 0.0666. The number of piperidine rings is 1. The van der Waals surface area contributed by atoms with Crippen molar-refractivity contribution in [2.24, 2.45) is 5.92 Å². The first kappa shape index (κ1) is 23.5. The van der Waals surface area contributed by atoms with Gasteiger partial charge in [-0.05, 0) is 42.5 Å². The maximum Gasteiger partial charge on any atom is 0.271 e. The number of benzene rings is 2. The third kappa shape index (κ3) is 6.19. The van der Waals surface area contributed by atoms with Crippen LogP contribution in [0, 0.1) is 16.0 Å². The summed E-state index contributed by atoms with van der Waals surface area (Å²) in [4.78, 5) is 25.2. The number of anilines is 2. The molecular formula is C22H28N4O5S. The second-order valence-electron chi connectivity index (χ2n) is 8.18. The van der Waals surface area contributed by atoms with Gasteiger partial charge in [0.2, 0.25) is 15.9 Å². The Bertz CT molecular complexity index is 1070. The number of hydrogen-bond acceptors (Lipinski definition) is 6. The summed E-state index contributed by atoms with van der Waals surface area (Å²) < 4.78 is 25.3. The molecule has 9 nitrogen and oxygen atoms in total. The predicted octanol–water partition coefficient (Wildman–Crippen LogP) is 2.91. The Morgan fingerprint density at radius 3 is 2.59 bits per heavy atom. The molecule has 0 aliphatic carbocycles. The molecule has 0 saturated carbocycles. The van der Waals surface area contributed by atoms with Crippen molar-refractivity contribution in [3.63, 3.8) is 0 Å². The Labute approximate surface area is 188 Å². The quantitative estimate of drug-likeness (QED) is 0.479. The molecule has 172 valence electrons. The molecule has 1 aliphatic heterocycles. The van der Waals surface area contributed by atoms with Gasteiger partial charge in [0.25, 0.3) is 5.69 Å². The van der Waals surface area contributed by atoms with Crippen LogP contribution in [0.1, 0.15) is 25.3 Å². The molecule has 32 heavy (non-hydrogen) atoms. The van der Waals surface area contributed by atoms with Crippen molar-refractivity contribution in [2.75, 3.05) is 35.1 Å². The van der Waals surface area contributed by atoms with Gasteiger partial charge in [0.15, 0.2) is 0 Å². The zero-order valence-corrected chi connectivity index (χ0v) is 19.0. The normalized spacial score (nSPS) is 16.4. The maximum atomic E-state index is 12.5. The Morgan fingerprint density at radius 1 is 1.25 bits per heavy atom. The highest BCUT2D eigenvalue weighted by Crippen LogP contribution is 2.24. The minimum atomic E-state index is -3.82. The van der Waals surface area contributed by atoms with Crippen molar-refractivity contribution in [3.05, 3.63) is 64.2 Å². The molecule has 1 saturated heterocycles. The fraction of sp³-hybridized carbons (Fsp3) is 0.409. The predicted molar refractivity (Wildman–Crippen MR) is 124 cm³/mol. The third-order valence-electron chi connectivity index (χ3n) is 5.46. The van der Waals surface area contributed by atoms with E-state index in [4.69, 9.17) is 0 Å². The van der Waals surface area contributed by atoms with E-state index in [0.717, 1.165) is 41.0 Å². The van der Waals surface area contributed by atoms with Crippen LogP contribution < -0.4 is 14.5 Å². The van der Waals surface area contributed by atoms with Crippen LogP contribution in [0.25, 0.3) is 0 Å². The summed E-state index contributed by atoms with van der Waals surface area (Å²) >= 11 is 0. The zero-order valence-electron chi connectivity index (χ0n) is 18.2. The zero-order chi connectivity index (χ0) is 23.3. The second kappa shape index (κ2) is 9.99. The molecule has 3 rings (SSSR count). The molecule has 1 heterocycles. The van der Waals surface area contributed by atoms with E-state index in [1.165, 1.54) is 31.0 Å². The van der Waals surface area contributed by atoms with Gasteiger partial charge in [-0.2, -0.15) is 0 Å². The molecule has 10 heteroatoms. The molecule has 0 spiro atoms. The van der Waals surface area contributed by atoms with E-state index < -0.39 is 27.4 Å². The molecule has 1 aliphatic rings. The molecule has 1 atom stereocenters. The Hall–Kier alpha value is -3.14. The van der Waals surface area contributed by atoms with Crippen LogP contribution in [0.5, 0.6) is 0 Å². The van der Waals surface area contributed by atoms with Gasteiger partial charge in [-0.15, -0.1) is 0 Å². The number of nitro benzene ring substituents is 1. The second-order valence-corrected chi connectivity index (χ2v) is 10.1. The fourth-order valence-electron chi connectivity index (χ4n) is 3.80. The van der Waals surface area contributed by atoms with Crippen LogP contribution in [0.3, 0.4) is 0 Å². The number of sulfonamides is 1. The van der Waals surface area contributed by atoms with Crippen molar-refractivity contribution in [1.82, 2.24) is 5.32 Å². The van der Waals surface area contributed by atoms with E-state index in [2.05, 4.69) is 17.1 Å². The fourth-order valence-corrected chi connectivity index (χ4v) is 4.65.